The van der Waals surface area contributed by atoms with Crippen LogP contribution < -0.4 is 10.1 Å². The lowest BCUT2D eigenvalue weighted by molar-refractivity contribution is 0.159. The molecule has 0 radical (unpaired) electrons. The van der Waals surface area contributed by atoms with Crippen molar-refractivity contribution in [3.63, 3.8) is 0 Å². The van der Waals surface area contributed by atoms with Crippen LogP contribution in [0.1, 0.15) is 5.56 Å². The summed E-state index contributed by atoms with van der Waals surface area (Å²) in [6, 6.07) is 5.81. The van der Waals surface area contributed by atoms with Crippen molar-refractivity contribution < 1.29 is 14.2 Å². The fourth-order valence-electron chi connectivity index (χ4n) is 1.77. The van der Waals surface area contributed by atoms with Crippen molar-refractivity contribution in [1.82, 2.24) is 0 Å². The molecule has 4 nitrogen and oxygen atoms in total. The van der Waals surface area contributed by atoms with Crippen molar-refractivity contribution in [3.8, 4) is 5.75 Å². The predicted octanol–water partition coefficient (Wildman–Crippen LogP) is 2.08. The Balaban J connectivity index is 2.50. The number of benzene rings is 1. The van der Waals surface area contributed by atoms with Crippen LogP contribution in [0.15, 0.2) is 24.3 Å². The summed E-state index contributed by atoms with van der Waals surface area (Å²) in [5.74, 6) is 1.57. The molecule has 0 saturated heterocycles. The molecule has 1 N–H and O–H groups in total. The van der Waals surface area contributed by atoms with E-state index in [2.05, 4.69) is 5.32 Å². The zero-order chi connectivity index (χ0) is 11.5. The molecule has 16 heavy (non-hydrogen) atoms. The Bertz CT molecular complexity index is 415. The van der Waals surface area contributed by atoms with Crippen LogP contribution in [0, 0.1) is 0 Å². The topological polar surface area (TPSA) is 39.7 Å². The number of methoxy groups -OCH3 is 3. The van der Waals surface area contributed by atoms with Crippen molar-refractivity contribution in [2.75, 3.05) is 26.6 Å². The first-order valence-electron chi connectivity index (χ1n) is 5.02. The van der Waals surface area contributed by atoms with E-state index in [4.69, 9.17) is 14.2 Å². The van der Waals surface area contributed by atoms with Gasteiger partial charge in [-0.3, -0.25) is 0 Å². The van der Waals surface area contributed by atoms with Crippen LogP contribution in [0.3, 0.4) is 0 Å². The number of hydrogen-bond acceptors (Lipinski definition) is 4. The number of para-hydroxylation sites is 1. The van der Waals surface area contributed by atoms with Crippen LogP contribution in [0.2, 0.25) is 0 Å². The van der Waals surface area contributed by atoms with Gasteiger partial charge in [-0.05, 0) is 12.1 Å². The van der Waals surface area contributed by atoms with Crippen LogP contribution in [-0.2, 0) is 9.47 Å². The highest BCUT2D eigenvalue weighted by atomic mass is 16.5. The van der Waals surface area contributed by atoms with E-state index in [1.807, 2.05) is 24.3 Å². The van der Waals surface area contributed by atoms with Crippen molar-refractivity contribution in [2.45, 2.75) is 6.23 Å². The number of anilines is 1. The van der Waals surface area contributed by atoms with Crippen molar-refractivity contribution in [1.29, 1.82) is 0 Å². The van der Waals surface area contributed by atoms with E-state index in [0.717, 1.165) is 22.8 Å². The van der Waals surface area contributed by atoms with Crippen LogP contribution in [0.4, 0.5) is 5.69 Å². The van der Waals surface area contributed by atoms with Gasteiger partial charge in [0.25, 0.3) is 0 Å². The van der Waals surface area contributed by atoms with Crippen molar-refractivity contribution in [2.24, 2.45) is 0 Å². The summed E-state index contributed by atoms with van der Waals surface area (Å²) in [7, 11) is 4.93. The first kappa shape index (κ1) is 10.8. The summed E-state index contributed by atoms with van der Waals surface area (Å²) in [5, 5.41) is 3.23. The first-order chi connectivity index (χ1) is 7.80. The lowest BCUT2D eigenvalue weighted by Crippen LogP contribution is -2.24. The quantitative estimate of drug-likeness (QED) is 0.848. The van der Waals surface area contributed by atoms with Gasteiger partial charge in [0, 0.05) is 18.7 Å². The maximum absolute atomic E-state index is 5.33. The fraction of sp³-hybridized carbons (Fsp3) is 0.333. The van der Waals surface area contributed by atoms with Gasteiger partial charge in [0.15, 0.2) is 6.23 Å². The largest absolute Gasteiger partial charge is 0.496 e. The summed E-state index contributed by atoms with van der Waals surface area (Å²) in [4.78, 5) is 0. The van der Waals surface area contributed by atoms with E-state index in [0.29, 0.717) is 0 Å². The normalized spacial score (nSPS) is 18.2. The third-order valence-corrected chi connectivity index (χ3v) is 2.57. The van der Waals surface area contributed by atoms with Crippen LogP contribution in [0.5, 0.6) is 5.75 Å². The van der Waals surface area contributed by atoms with Gasteiger partial charge in [-0.25, -0.2) is 0 Å². The average Bonchev–Trinajstić information content (AvgIpc) is 2.36. The van der Waals surface area contributed by atoms with E-state index in [-0.39, 0.29) is 6.23 Å². The number of hydrogen-bond donors (Lipinski definition) is 1. The third kappa shape index (κ3) is 1.72. The maximum Gasteiger partial charge on any atom is 0.150 e. The maximum atomic E-state index is 5.33. The number of rotatable bonds is 3. The van der Waals surface area contributed by atoms with Crippen LogP contribution >= 0.6 is 0 Å². The molecule has 1 aliphatic rings. The fourth-order valence-corrected chi connectivity index (χ4v) is 1.77. The molecule has 1 aromatic rings. The minimum absolute atomic E-state index is 0.196. The zero-order valence-corrected chi connectivity index (χ0v) is 9.61. The van der Waals surface area contributed by atoms with E-state index in [1.165, 1.54) is 0 Å². The molecule has 1 heterocycles. The summed E-state index contributed by atoms with van der Waals surface area (Å²) in [6.45, 7) is 0. The first-order valence-corrected chi connectivity index (χ1v) is 5.02. The summed E-state index contributed by atoms with van der Waals surface area (Å²) in [5.41, 5.74) is 1.88. The molecular weight excluding hydrogens is 206 g/mol. The zero-order valence-electron chi connectivity index (χ0n) is 9.61. The molecule has 0 aliphatic carbocycles. The molecule has 4 heteroatoms. The van der Waals surface area contributed by atoms with Gasteiger partial charge in [-0.2, -0.15) is 0 Å². The Kier molecular flexibility index (Phi) is 3.01. The van der Waals surface area contributed by atoms with E-state index >= 15 is 0 Å². The van der Waals surface area contributed by atoms with Gasteiger partial charge in [-0.15, -0.1) is 0 Å². The monoisotopic (exact) mass is 221 g/mol. The Morgan fingerprint density at radius 3 is 2.56 bits per heavy atom. The molecule has 1 aromatic carbocycles. The number of ether oxygens (including phenoxy) is 3. The van der Waals surface area contributed by atoms with Gasteiger partial charge in [0.2, 0.25) is 0 Å². The molecule has 0 saturated carbocycles. The molecule has 0 spiro atoms. The van der Waals surface area contributed by atoms with E-state index in [1.54, 1.807) is 21.3 Å². The standard InChI is InChI=1S/C12H15NO3/c1-14-9-6-4-5-8-10(15-2)7-11(16-3)13-12(8)9/h4-7,11,13H,1-3H3. The molecule has 1 atom stereocenters. The highest BCUT2D eigenvalue weighted by Crippen LogP contribution is 2.37. The molecule has 0 bridgehead atoms. The minimum atomic E-state index is -0.196. The second kappa shape index (κ2) is 4.45. The van der Waals surface area contributed by atoms with Gasteiger partial charge < -0.3 is 19.5 Å². The third-order valence-electron chi connectivity index (χ3n) is 2.57. The highest BCUT2D eigenvalue weighted by molar-refractivity contribution is 5.80. The molecule has 0 fully saturated rings. The summed E-state index contributed by atoms with van der Waals surface area (Å²) < 4.78 is 15.9. The van der Waals surface area contributed by atoms with Crippen molar-refractivity contribution >= 4 is 11.4 Å². The SMILES string of the molecule is COC1=CC(OC)Nc2c(OC)cccc21. The van der Waals surface area contributed by atoms with Gasteiger partial charge in [-0.1, -0.05) is 6.07 Å². The van der Waals surface area contributed by atoms with E-state index in [9.17, 15) is 0 Å². The molecule has 1 aliphatic heterocycles. The predicted molar refractivity (Wildman–Crippen MR) is 62.4 cm³/mol. The van der Waals surface area contributed by atoms with Gasteiger partial charge in [0.1, 0.15) is 11.5 Å². The van der Waals surface area contributed by atoms with Gasteiger partial charge >= 0.3 is 0 Å². The van der Waals surface area contributed by atoms with Crippen LogP contribution in [0.25, 0.3) is 5.76 Å². The van der Waals surface area contributed by atoms with Crippen LogP contribution in [-0.4, -0.2) is 27.6 Å². The Morgan fingerprint density at radius 1 is 1.12 bits per heavy atom. The lowest BCUT2D eigenvalue weighted by Gasteiger charge is -2.25. The summed E-state index contributed by atoms with van der Waals surface area (Å²) in [6.07, 6.45) is 1.70. The second-order valence-corrected chi connectivity index (χ2v) is 3.42. The smallest absolute Gasteiger partial charge is 0.150 e. The second-order valence-electron chi connectivity index (χ2n) is 3.42. The lowest BCUT2D eigenvalue weighted by atomic mass is 10.1. The number of nitrogens with one attached hydrogen (secondary N) is 1. The number of fused-ring (bicyclic) bond motifs is 1. The minimum Gasteiger partial charge on any atom is -0.496 e. The van der Waals surface area contributed by atoms with Gasteiger partial charge in [0.05, 0.1) is 19.9 Å². The molecule has 0 amide bonds. The van der Waals surface area contributed by atoms with Crippen molar-refractivity contribution in [3.05, 3.63) is 29.8 Å². The molecule has 86 valence electrons. The molecule has 0 aromatic heterocycles. The Labute approximate surface area is 94.8 Å². The van der Waals surface area contributed by atoms with E-state index < -0.39 is 0 Å². The molecule has 2 rings (SSSR count). The summed E-state index contributed by atoms with van der Waals surface area (Å²) >= 11 is 0. The average molecular weight is 221 g/mol. The Morgan fingerprint density at radius 2 is 1.94 bits per heavy atom. The molecule has 1 unspecified atom stereocenters. The Hall–Kier alpha value is -1.68. The molecular formula is C12H15NO3. The highest BCUT2D eigenvalue weighted by Gasteiger charge is 2.21.